The van der Waals surface area contributed by atoms with Gasteiger partial charge in [0.15, 0.2) is 0 Å². The molecule has 0 aromatic heterocycles. The van der Waals surface area contributed by atoms with Crippen molar-refractivity contribution in [1.82, 2.24) is 10.6 Å². The molecular formula is C22H27N3O3. The van der Waals surface area contributed by atoms with E-state index in [9.17, 15) is 9.59 Å². The van der Waals surface area contributed by atoms with E-state index in [2.05, 4.69) is 39.8 Å². The maximum atomic E-state index is 11.9. The molecule has 2 amide bonds. The summed E-state index contributed by atoms with van der Waals surface area (Å²) in [5, 5.41) is 5.32. The number of hydrogen-bond acceptors (Lipinski definition) is 4. The first kappa shape index (κ1) is 19.9. The number of benzene rings is 2. The second-order valence-corrected chi connectivity index (χ2v) is 6.94. The molecule has 0 bridgehead atoms. The second kappa shape index (κ2) is 9.90. The number of ether oxygens (including phenoxy) is 1. The van der Waals surface area contributed by atoms with Crippen LogP contribution in [-0.2, 0) is 27.3 Å². The molecule has 1 aliphatic heterocycles. The Bertz CT molecular complexity index is 782. The molecule has 0 unspecified atom stereocenters. The number of carbonyl (C=O) groups excluding carboxylic acids is 2. The summed E-state index contributed by atoms with van der Waals surface area (Å²) in [6.07, 6.45) is 0.681. The Morgan fingerprint density at radius 1 is 0.893 bits per heavy atom. The van der Waals surface area contributed by atoms with Gasteiger partial charge in [-0.3, -0.25) is 9.59 Å². The number of nitrogens with one attached hydrogen (secondary N) is 2. The van der Waals surface area contributed by atoms with Crippen molar-refractivity contribution < 1.29 is 14.3 Å². The quantitative estimate of drug-likeness (QED) is 0.749. The fourth-order valence-corrected chi connectivity index (χ4v) is 3.06. The summed E-state index contributed by atoms with van der Waals surface area (Å²) in [7, 11) is 0. The zero-order chi connectivity index (χ0) is 19.8. The summed E-state index contributed by atoms with van der Waals surface area (Å²) < 4.78 is 5.37. The van der Waals surface area contributed by atoms with Crippen LogP contribution < -0.4 is 15.5 Å². The summed E-state index contributed by atoms with van der Waals surface area (Å²) in [5.41, 5.74) is 4.43. The molecule has 148 valence electrons. The van der Waals surface area contributed by atoms with Crippen LogP contribution in [0.4, 0.5) is 5.69 Å². The molecular weight excluding hydrogens is 354 g/mol. The lowest BCUT2D eigenvalue weighted by Crippen LogP contribution is -2.40. The summed E-state index contributed by atoms with van der Waals surface area (Å²) >= 11 is 0. The van der Waals surface area contributed by atoms with E-state index in [-0.39, 0.29) is 0 Å². The minimum Gasteiger partial charge on any atom is -0.378 e. The van der Waals surface area contributed by atoms with E-state index in [1.807, 2.05) is 31.2 Å². The molecule has 6 heteroatoms. The van der Waals surface area contributed by atoms with Gasteiger partial charge in [-0.15, -0.1) is 0 Å². The number of aryl methyl sites for hydroxylation is 1. The number of rotatable bonds is 6. The summed E-state index contributed by atoms with van der Waals surface area (Å²) in [6.45, 7) is 6.12. The molecule has 0 aliphatic carbocycles. The molecule has 0 radical (unpaired) electrons. The third kappa shape index (κ3) is 5.82. The van der Waals surface area contributed by atoms with E-state index in [1.165, 1.54) is 5.69 Å². The molecule has 1 heterocycles. The third-order valence-corrected chi connectivity index (χ3v) is 4.79. The Balaban J connectivity index is 1.38. The van der Waals surface area contributed by atoms with Gasteiger partial charge >= 0.3 is 11.8 Å². The fraction of sp³-hybridized carbons (Fsp3) is 0.364. The number of nitrogens with zero attached hydrogens (tertiary/aromatic N) is 1. The highest BCUT2D eigenvalue weighted by Crippen LogP contribution is 2.16. The normalized spacial score (nSPS) is 13.8. The van der Waals surface area contributed by atoms with Crippen LogP contribution in [0, 0.1) is 6.92 Å². The van der Waals surface area contributed by atoms with Gasteiger partial charge in [-0.1, -0.05) is 42.0 Å². The van der Waals surface area contributed by atoms with Crippen molar-refractivity contribution in [2.24, 2.45) is 0 Å². The molecule has 0 saturated carbocycles. The Morgan fingerprint density at radius 3 is 2.18 bits per heavy atom. The van der Waals surface area contributed by atoms with Crippen molar-refractivity contribution in [3.63, 3.8) is 0 Å². The molecule has 3 rings (SSSR count). The van der Waals surface area contributed by atoms with Gasteiger partial charge in [-0.2, -0.15) is 0 Å². The zero-order valence-electron chi connectivity index (χ0n) is 16.2. The molecule has 2 aromatic rings. The number of hydrogen-bond donors (Lipinski definition) is 2. The lowest BCUT2D eigenvalue weighted by molar-refractivity contribution is -0.139. The van der Waals surface area contributed by atoms with Crippen LogP contribution in [0.15, 0.2) is 48.5 Å². The molecule has 0 spiro atoms. The van der Waals surface area contributed by atoms with Gasteiger partial charge in [0.2, 0.25) is 0 Å². The SMILES string of the molecule is Cc1ccc(CNC(=O)C(=O)NCCc2ccc(N3CCOCC3)cc2)cc1. The summed E-state index contributed by atoms with van der Waals surface area (Å²) in [6, 6.07) is 16.1. The Kier molecular flexibility index (Phi) is 7.03. The number of amides is 2. The second-order valence-electron chi connectivity index (χ2n) is 6.94. The molecule has 28 heavy (non-hydrogen) atoms. The molecule has 2 aromatic carbocycles. The van der Waals surface area contributed by atoms with E-state index in [4.69, 9.17) is 4.74 Å². The lowest BCUT2D eigenvalue weighted by atomic mass is 10.1. The van der Waals surface area contributed by atoms with Crippen LogP contribution in [0.2, 0.25) is 0 Å². The standard InChI is InChI=1S/C22H27N3O3/c1-17-2-4-19(5-3-17)16-24-22(27)21(26)23-11-10-18-6-8-20(9-7-18)25-12-14-28-15-13-25/h2-9H,10-16H2,1H3,(H,23,26)(H,24,27). The first-order valence-corrected chi connectivity index (χ1v) is 9.65. The molecule has 1 aliphatic rings. The highest BCUT2D eigenvalue weighted by molar-refractivity contribution is 6.35. The van der Waals surface area contributed by atoms with Crippen LogP contribution >= 0.6 is 0 Å². The van der Waals surface area contributed by atoms with Crippen LogP contribution in [0.5, 0.6) is 0 Å². The Morgan fingerprint density at radius 2 is 1.50 bits per heavy atom. The van der Waals surface area contributed by atoms with Gasteiger partial charge in [-0.25, -0.2) is 0 Å². The van der Waals surface area contributed by atoms with Crippen molar-refractivity contribution in [1.29, 1.82) is 0 Å². The van der Waals surface area contributed by atoms with Crippen molar-refractivity contribution in [2.45, 2.75) is 19.9 Å². The Labute approximate surface area is 165 Å². The molecule has 0 atom stereocenters. The summed E-state index contributed by atoms with van der Waals surface area (Å²) in [4.78, 5) is 26.1. The molecule has 6 nitrogen and oxygen atoms in total. The third-order valence-electron chi connectivity index (χ3n) is 4.79. The van der Waals surface area contributed by atoms with Crippen LogP contribution in [-0.4, -0.2) is 44.7 Å². The molecule has 2 N–H and O–H groups in total. The van der Waals surface area contributed by atoms with E-state index < -0.39 is 11.8 Å². The van der Waals surface area contributed by atoms with Gasteiger partial charge in [0, 0.05) is 31.9 Å². The van der Waals surface area contributed by atoms with Crippen molar-refractivity contribution in [2.75, 3.05) is 37.7 Å². The minimum absolute atomic E-state index is 0.343. The van der Waals surface area contributed by atoms with Gasteiger partial charge in [0.05, 0.1) is 13.2 Å². The zero-order valence-corrected chi connectivity index (χ0v) is 16.2. The van der Waals surface area contributed by atoms with Crippen LogP contribution in [0.25, 0.3) is 0 Å². The van der Waals surface area contributed by atoms with Crippen molar-refractivity contribution in [3.8, 4) is 0 Å². The average Bonchev–Trinajstić information content (AvgIpc) is 2.74. The van der Waals surface area contributed by atoms with E-state index in [0.29, 0.717) is 19.5 Å². The maximum Gasteiger partial charge on any atom is 0.309 e. The largest absolute Gasteiger partial charge is 0.378 e. The molecule has 1 saturated heterocycles. The Hall–Kier alpha value is -2.86. The van der Waals surface area contributed by atoms with E-state index in [0.717, 1.165) is 43.0 Å². The minimum atomic E-state index is -0.608. The number of anilines is 1. The van der Waals surface area contributed by atoms with Gasteiger partial charge in [0.25, 0.3) is 0 Å². The average molecular weight is 381 g/mol. The number of carbonyl (C=O) groups is 2. The molecule has 1 fully saturated rings. The van der Waals surface area contributed by atoms with Crippen LogP contribution in [0.1, 0.15) is 16.7 Å². The van der Waals surface area contributed by atoms with Gasteiger partial charge < -0.3 is 20.3 Å². The lowest BCUT2D eigenvalue weighted by Gasteiger charge is -2.28. The first-order valence-electron chi connectivity index (χ1n) is 9.65. The van der Waals surface area contributed by atoms with Gasteiger partial charge in [-0.05, 0) is 36.6 Å². The van der Waals surface area contributed by atoms with Crippen molar-refractivity contribution >= 4 is 17.5 Å². The first-order chi connectivity index (χ1) is 13.6. The smallest absolute Gasteiger partial charge is 0.309 e. The van der Waals surface area contributed by atoms with E-state index >= 15 is 0 Å². The predicted octanol–water partition coefficient (Wildman–Crippen LogP) is 1.81. The van der Waals surface area contributed by atoms with Crippen molar-refractivity contribution in [3.05, 3.63) is 65.2 Å². The van der Waals surface area contributed by atoms with E-state index in [1.54, 1.807) is 0 Å². The fourth-order valence-electron chi connectivity index (χ4n) is 3.06. The summed E-state index contributed by atoms with van der Waals surface area (Å²) in [5.74, 6) is -1.21. The highest BCUT2D eigenvalue weighted by atomic mass is 16.5. The predicted molar refractivity (Wildman–Crippen MR) is 109 cm³/mol. The monoisotopic (exact) mass is 381 g/mol. The highest BCUT2D eigenvalue weighted by Gasteiger charge is 2.13. The topological polar surface area (TPSA) is 70.7 Å². The van der Waals surface area contributed by atoms with Gasteiger partial charge in [0.1, 0.15) is 0 Å². The van der Waals surface area contributed by atoms with Crippen LogP contribution in [0.3, 0.4) is 0 Å². The number of morpholine rings is 1. The maximum absolute atomic E-state index is 11.9.